The van der Waals surface area contributed by atoms with Gasteiger partial charge in [0.05, 0.1) is 11.4 Å². The molecule has 1 amide bonds. The summed E-state index contributed by atoms with van der Waals surface area (Å²) in [5.74, 6) is 1.35. The summed E-state index contributed by atoms with van der Waals surface area (Å²) < 4.78 is 3.25. The molecule has 28 heavy (non-hydrogen) atoms. The molecule has 0 radical (unpaired) electrons. The van der Waals surface area contributed by atoms with E-state index in [0.29, 0.717) is 29.4 Å². The molecule has 1 N–H and O–H groups in total. The fourth-order valence-corrected chi connectivity index (χ4v) is 3.30. The van der Waals surface area contributed by atoms with Crippen molar-refractivity contribution in [2.45, 2.75) is 46.3 Å². The van der Waals surface area contributed by atoms with Gasteiger partial charge in [-0.2, -0.15) is 9.78 Å². The van der Waals surface area contributed by atoms with Crippen molar-refractivity contribution in [2.75, 3.05) is 11.1 Å². The van der Waals surface area contributed by atoms with Gasteiger partial charge in [0.15, 0.2) is 0 Å². The number of rotatable bonds is 7. The van der Waals surface area contributed by atoms with Crippen molar-refractivity contribution in [1.82, 2.24) is 40.0 Å². The highest BCUT2D eigenvalue weighted by Crippen LogP contribution is 2.18. The molecule has 11 heteroatoms. The van der Waals surface area contributed by atoms with Crippen LogP contribution in [0.5, 0.6) is 0 Å². The monoisotopic (exact) mass is 401 g/mol. The van der Waals surface area contributed by atoms with Crippen LogP contribution in [0.25, 0.3) is 5.95 Å². The molecule has 3 heterocycles. The van der Waals surface area contributed by atoms with Crippen LogP contribution in [-0.4, -0.2) is 51.6 Å². The van der Waals surface area contributed by atoms with Crippen molar-refractivity contribution in [3.8, 4) is 5.95 Å². The minimum Gasteiger partial charge on any atom is -0.310 e. The molecular weight excluding hydrogens is 378 g/mol. The molecule has 0 spiro atoms. The number of amides is 1. The van der Waals surface area contributed by atoms with Crippen molar-refractivity contribution in [2.24, 2.45) is 5.92 Å². The molecule has 3 rings (SSSR count). The Balaban J connectivity index is 1.71. The number of hydrogen-bond acceptors (Lipinski definition) is 8. The summed E-state index contributed by atoms with van der Waals surface area (Å²) in [6, 6.07) is 3.67. The molecule has 10 nitrogen and oxygen atoms in total. The van der Waals surface area contributed by atoms with E-state index in [9.17, 15) is 4.79 Å². The molecule has 0 unspecified atom stereocenters. The van der Waals surface area contributed by atoms with Crippen LogP contribution in [0, 0.1) is 26.7 Å². The topological polar surface area (TPSA) is 116 Å². The predicted octanol–water partition coefficient (Wildman–Crippen LogP) is 1.96. The van der Waals surface area contributed by atoms with Crippen molar-refractivity contribution < 1.29 is 4.79 Å². The van der Waals surface area contributed by atoms with Crippen LogP contribution in [0.1, 0.15) is 30.9 Å². The van der Waals surface area contributed by atoms with Gasteiger partial charge in [0.25, 0.3) is 5.95 Å². The van der Waals surface area contributed by atoms with Crippen molar-refractivity contribution in [3.63, 3.8) is 0 Å². The van der Waals surface area contributed by atoms with Gasteiger partial charge >= 0.3 is 0 Å². The van der Waals surface area contributed by atoms with Crippen LogP contribution in [0.3, 0.4) is 0 Å². The quantitative estimate of drug-likeness (QED) is 0.597. The Kier molecular flexibility index (Phi) is 6.02. The number of tetrazole rings is 1. The maximum atomic E-state index is 12.5. The Morgan fingerprint density at radius 1 is 1.14 bits per heavy atom. The molecular formula is C17H23N9OS. The predicted molar refractivity (Wildman–Crippen MR) is 105 cm³/mol. The summed E-state index contributed by atoms with van der Waals surface area (Å²) in [7, 11) is 0. The molecule has 0 aliphatic heterocycles. The average Bonchev–Trinajstić information content (AvgIpc) is 3.17. The molecule has 0 bridgehead atoms. The van der Waals surface area contributed by atoms with Gasteiger partial charge in [-0.05, 0) is 43.2 Å². The van der Waals surface area contributed by atoms with Crippen LogP contribution in [0.2, 0.25) is 0 Å². The van der Waals surface area contributed by atoms with Gasteiger partial charge in [0, 0.05) is 24.0 Å². The Morgan fingerprint density at radius 2 is 1.86 bits per heavy atom. The van der Waals surface area contributed by atoms with E-state index in [2.05, 4.69) is 49.8 Å². The van der Waals surface area contributed by atoms with Gasteiger partial charge in [-0.1, -0.05) is 25.6 Å². The normalized spacial score (nSPS) is 11.2. The van der Waals surface area contributed by atoms with E-state index in [-0.39, 0.29) is 11.7 Å². The standard InChI is InChI=1S/C17H23N9OS/c1-10(2)8-25-17(21-23-24-25)28-9-15(27)20-14-7-13(5)22-26(14)16-18-11(3)6-12(4)19-16/h6-7,10H,8-9H2,1-5H3,(H,20,27). The van der Waals surface area contributed by atoms with E-state index >= 15 is 0 Å². The summed E-state index contributed by atoms with van der Waals surface area (Å²) in [5.41, 5.74) is 2.42. The Morgan fingerprint density at radius 3 is 2.54 bits per heavy atom. The lowest BCUT2D eigenvalue weighted by Crippen LogP contribution is -2.18. The smallest absolute Gasteiger partial charge is 0.252 e. The largest absolute Gasteiger partial charge is 0.310 e. The van der Waals surface area contributed by atoms with Gasteiger partial charge in [-0.3, -0.25) is 4.79 Å². The molecule has 3 aromatic rings. The first-order valence-electron chi connectivity index (χ1n) is 8.90. The number of anilines is 1. The minimum absolute atomic E-state index is 0.177. The van der Waals surface area contributed by atoms with E-state index in [1.54, 1.807) is 15.4 Å². The van der Waals surface area contributed by atoms with Crippen LogP contribution >= 0.6 is 11.8 Å². The Bertz CT molecular complexity index is 959. The lowest BCUT2D eigenvalue weighted by molar-refractivity contribution is -0.113. The highest BCUT2D eigenvalue weighted by Gasteiger charge is 2.15. The number of nitrogens with one attached hydrogen (secondary N) is 1. The molecule has 0 saturated carbocycles. The first kappa shape index (κ1) is 19.9. The fourth-order valence-electron chi connectivity index (χ4n) is 2.61. The molecule has 0 aromatic carbocycles. The number of nitrogens with zero attached hydrogens (tertiary/aromatic N) is 8. The van der Waals surface area contributed by atoms with Gasteiger partial charge in [-0.15, -0.1) is 5.10 Å². The maximum Gasteiger partial charge on any atom is 0.252 e. The van der Waals surface area contributed by atoms with Crippen LogP contribution in [0.15, 0.2) is 17.3 Å². The fraction of sp³-hybridized carbons (Fsp3) is 0.471. The molecule has 3 aromatic heterocycles. The minimum atomic E-state index is -0.186. The third kappa shape index (κ3) is 4.91. The number of aryl methyl sites for hydroxylation is 3. The first-order chi connectivity index (χ1) is 13.3. The SMILES string of the molecule is Cc1cc(C)nc(-n2nc(C)cc2NC(=O)CSc2nnnn2CC(C)C)n1. The van der Waals surface area contributed by atoms with Crippen LogP contribution in [0.4, 0.5) is 5.82 Å². The molecule has 0 aliphatic carbocycles. The Hall–Kier alpha value is -2.82. The maximum absolute atomic E-state index is 12.5. The second kappa shape index (κ2) is 8.46. The van der Waals surface area contributed by atoms with Crippen molar-refractivity contribution in [3.05, 3.63) is 29.2 Å². The number of aromatic nitrogens is 8. The molecule has 148 valence electrons. The van der Waals surface area contributed by atoms with Gasteiger partial charge in [-0.25, -0.2) is 14.6 Å². The van der Waals surface area contributed by atoms with Crippen molar-refractivity contribution >= 4 is 23.5 Å². The molecule has 0 fully saturated rings. The number of carbonyl (C=O) groups is 1. The number of hydrogen-bond donors (Lipinski definition) is 1. The zero-order valence-corrected chi connectivity index (χ0v) is 17.4. The number of carbonyl (C=O) groups excluding carboxylic acids is 1. The molecule has 0 aliphatic rings. The number of thioether (sulfide) groups is 1. The van der Waals surface area contributed by atoms with Gasteiger partial charge < -0.3 is 5.32 Å². The van der Waals surface area contributed by atoms with E-state index in [4.69, 9.17) is 0 Å². The van der Waals surface area contributed by atoms with E-state index < -0.39 is 0 Å². The first-order valence-corrected chi connectivity index (χ1v) is 9.88. The van der Waals surface area contributed by atoms with Crippen molar-refractivity contribution in [1.29, 1.82) is 0 Å². The van der Waals surface area contributed by atoms with E-state index in [1.807, 2.05) is 26.8 Å². The lowest BCUT2D eigenvalue weighted by atomic mass is 10.2. The Labute approximate surface area is 167 Å². The summed E-state index contributed by atoms with van der Waals surface area (Å²) in [4.78, 5) is 21.3. The zero-order chi connectivity index (χ0) is 20.3. The van der Waals surface area contributed by atoms with Crippen LogP contribution in [-0.2, 0) is 11.3 Å². The summed E-state index contributed by atoms with van der Waals surface area (Å²) in [6.45, 7) is 10.5. The highest BCUT2D eigenvalue weighted by atomic mass is 32.2. The van der Waals surface area contributed by atoms with E-state index in [0.717, 1.165) is 17.1 Å². The average molecular weight is 402 g/mol. The van der Waals surface area contributed by atoms with Crippen LogP contribution < -0.4 is 5.32 Å². The van der Waals surface area contributed by atoms with Gasteiger partial charge in [0.1, 0.15) is 5.82 Å². The van der Waals surface area contributed by atoms with E-state index in [1.165, 1.54) is 11.8 Å². The highest BCUT2D eigenvalue weighted by molar-refractivity contribution is 7.99. The zero-order valence-electron chi connectivity index (χ0n) is 16.5. The summed E-state index contributed by atoms with van der Waals surface area (Å²) >= 11 is 1.29. The molecule has 0 saturated heterocycles. The third-order valence-electron chi connectivity index (χ3n) is 3.63. The molecule has 0 atom stereocenters. The lowest BCUT2D eigenvalue weighted by Gasteiger charge is -2.09. The summed E-state index contributed by atoms with van der Waals surface area (Å²) in [5, 5.41) is 19.5. The second-order valence-corrected chi connectivity index (χ2v) is 7.85. The second-order valence-electron chi connectivity index (χ2n) is 6.91. The third-order valence-corrected chi connectivity index (χ3v) is 4.59. The van der Waals surface area contributed by atoms with Gasteiger partial charge in [0.2, 0.25) is 11.1 Å². The summed E-state index contributed by atoms with van der Waals surface area (Å²) in [6.07, 6.45) is 0.